The highest BCUT2D eigenvalue weighted by atomic mass is 16.5. The summed E-state index contributed by atoms with van der Waals surface area (Å²) in [6.45, 7) is 1.76. The van der Waals surface area contributed by atoms with E-state index in [4.69, 9.17) is 9.47 Å². The van der Waals surface area contributed by atoms with Crippen LogP contribution in [0.3, 0.4) is 0 Å². The van der Waals surface area contributed by atoms with E-state index in [9.17, 15) is 15.0 Å². The molecule has 0 radical (unpaired) electrons. The number of ether oxygens (including phenoxy) is 2. The summed E-state index contributed by atoms with van der Waals surface area (Å²) < 4.78 is 10.1. The number of benzene rings is 2. The minimum Gasteiger partial charge on any atom is -0.504 e. The SMILES string of the molecule is COc1ccc(C=NCC(O)CNc2ccc(N3CCOCC3=O)cc2)cc1O. The van der Waals surface area contributed by atoms with Crippen molar-refractivity contribution in [2.75, 3.05) is 50.2 Å². The molecule has 2 aromatic carbocycles. The van der Waals surface area contributed by atoms with E-state index in [1.165, 1.54) is 7.11 Å². The molecule has 8 heteroatoms. The normalized spacial score (nSPS) is 15.5. The van der Waals surface area contributed by atoms with Crippen LogP contribution in [0.15, 0.2) is 47.5 Å². The molecule has 29 heavy (non-hydrogen) atoms. The number of hydrogen-bond donors (Lipinski definition) is 3. The maximum atomic E-state index is 11.9. The summed E-state index contributed by atoms with van der Waals surface area (Å²) in [7, 11) is 1.49. The zero-order valence-corrected chi connectivity index (χ0v) is 16.2. The van der Waals surface area contributed by atoms with Crippen molar-refractivity contribution >= 4 is 23.5 Å². The third-order valence-corrected chi connectivity index (χ3v) is 4.47. The van der Waals surface area contributed by atoms with Gasteiger partial charge in [-0.05, 0) is 48.0 Å². The molecule has 154 valence electrons. The molecule has 0 bridgehead atoms. The van der Waals surface area contributed by atoms with Gasteiger partial charge in [-0.3, -0.25) is 9.79 Å². The summed E-state index contributed by atoms with van der Waals surface area (Å²) in [5, 5.41) is 23.0. The van der Waals surface area contributed by atoms with Crippen LogP contribution in [0.4, 0.5) is 11.4 Å². The first kappa shape index (κ1) is 20.6. The number of aliphatic hydroxyl groups excluding tert-OH is 1. The number of carbonyl (C=O) groups excluding carboxylic acids is 1. The van der Waals surface area contributed by atoms with E-state index in [1.54, 1.807) is 29.3 Å². The Morgan fingerprint density at radius 3 is 2.79 bits per heavy atom. The monoisotopic (exact) mass is 399 g/mol. The Morgan fingerprint density at radius 2 is 2.10 bits per heavy atom. The second kappa shape index (κ2) is 9.90. The number of aliphatic imine (C=N–C) groups is 1. The van der Waals surface area contributed by atoms with Crippen molar-refractivity contribution in [2.45, 2.75) is 6.10 Å². The summed E-state index contributed by atoms with van der Waals surface area (Å²) in [5.74, 6) is 0.395. The minimum absolute atomic E-state index is 0.0425. The Balaban J connectivity index is 1.46. The van der Waals surface area contributed by atoms with Gasteiger partial charge < -0.3 is 29.9 Å². The lowest BCUT2D eigenvalue weighted by atomic mass is 10.2. The standard InChI is InChI=1S/C21H25N3O5/c1-28-20-7-2-15(10-19(20)26)11-22-12-18(25)13-23-16-3-5-17(6-4-16)24-8-9-29-14-21(24)27/h2-7,10-11,18,23,25-26H,8-9,12-14H2,1H3. The molecule has 1 amide bonds. The number of nitrogens with one attached hydrogen (secondary N) is 1. The summed E-state index contributed by atoms with van der Waals surface area (Å²) >= 11 is 0. The van der Waals surface area contributed by atoms with E-state index < -0.39 is 6.10 Å². The topological polar surface area (TPSA) is 104 Å². The molecule has 3 N–H and O–H groups in total. The molecule has 1 aliphatic rings. The van der Waals surface area contributed by atoms with Gasteiger partial charge in [0.2, 0.25) is 0 Å². The molecule has 1 heterocycles. The zero-order valence-electron chi connectivity index (χ0n) is 16.2. The van der Waals surface area contributed by atoms with Gasteiger partial charge >= 0.3 is 0 Å². The van der Waals surface area contributed by atoms with Crippen molar-refractivity contribution in [3.63, 3.8) is 0 Å². The van der Waals surface area contributed by atoms with Gasteiger partial charge in [0.1, 0.15) is 6.61 Å². The molecule has 8 nitrogen and oxygen atoms in total. The number of anilines is 2. The Morgan fingerprint density at radius 1 is 1.31 bits per heavy atom. The highest BCUT2D eigenvalue weighted by molar-refractivity contribution is 5.95. The number of nitrogens with zero attached hydrogens (tertiary/aromatic N) is 2. The predicted molar refractivity (Wildman–Crippen MR) is 111 cm³/mol. The molecule has 1 unspecified atom stereocenters. The van der Waals surface area contributed by atoms with E-state index in [-0.39, 0.29) is 24.8 Å². The fourth-order valence-electron chi connectivity index (χ4n) is 2.92. The molecule has 2 aromatic rings. The molecule has 0 aromatic heterocycles. The summed E-state index contributed by atoms with van der Waals surface area (Å²) in [4.78, 5) is 17.8. The van der Waals surface area contributed by atoms with Crippen molar-refractivity contribution in [1.82, 2.24) is 0 Å². The quantitative estimate of drug-likeness (QED) is 0.584. The number of aromatic hydroxyl groups is 1. The molecule has 0 saturated carbocycles. The zero-order chi connectivity index (χ0) is 20.6. The van der Waals surface area contributed by atoms with Crippen LogP contribution < -0.4 is 15.0 Å². The molecular formula is C21H25N3O5. The number of aliphatic hydroxyl groups is 1. The van der Waals surface area contributed by atoms with Gasteiger partial charge in [0, 0.05) is 30.7 Å². The fourth-order valence-corrected chi connectivity index (χ4v) is 2.92. The summed E-state index contributed by atoms with van der Waals surface area (Å²) in [5.41, 5.74) is 2.39. The molecule has 1 saturated heterocycles. The van der Waals surface area contributed by atoms with E-state index >= 15 is 0 Å². The lowest BCUT2D eigenvalue weighted by molar-refractivity contribution is -0.125. The van der Waals surface area contributed by atoms with E-state index in [0.717, 1.165) is 16.9 Å². The number of phenols is 1. The van der Waals surface area contributed by atoms with E-state index in [0.29, 0.717) is 25.4 Å². The molecular weight excluding hydrogens is 374 g/mol. The summed E-state index contributed by atoms with van der Waals surface area (Å²) in [6, 6.07) is 12.4. The number of rotatable bonds is 8. The second-order valence-electron chi connectivity index (χ2n) is 6.61. The molecule has 0 aliphatic carbocycles. The van der Waals surface area contributed by atoms with Gasteiger partial charge in [0.25, 0.3) is 5.91 Å². The van der Waals surface area contributed by atoms with Gasteiger partial charge in [-0.15, -0.1) is 0 Å². The number of hydrogen-bond acceptors (Lipinski definition) is 7. The Hall–Kier alpha value is -3.10. The number of phenolic OH excluding ortho intramolecular Hbond substituents is 1. The Labute approximate surface area is 169 Å². The van der Waals surface area contributed by atoms with Gasteiger partial charge in [0.05, 0.1) is 26.4 Å². The predicted octanol–water partition coefficient (Wildman–Crippen LogP) is 1.66. The van der Waals surface area contributed by atoms with Crippen molar-refractivity contribution in [3.8, 4) is 11.5 Å². The highest BCUT2D eigenvalue weighted by Gasteiger charge is 2.19. The highest BCUT2D eigenvalue weighted by Crippen LogP contribution is 2.25. The Bertz CT molecular complexity index is 854. The first-order valence-electron chi connectivity index (χ1n) is 9.34. The molecule has 1 atom stereocenters. The van der Waals surface area contributed by atoms with Crippen LogP contribution in [0.5, 0.6) is 11.5 Å². The fraction of sp³-hybridized carbons (Fsp3) is 0.333. The smallest absolute Gasteiger partial charge is 0.253 e. The van der Waals surface area contributed by atoms with Crippen molar-refractivity contribution in [3.05, 3.63) is 48.0 Å². The third-order valence-electron chi connectivity index (χ3n) is 4.47. The van der Waals surface area contributed by atoms with Gasteiger partial charge in [-0.1, -0.05) is 0 Å². The van der Waals surface area contributed by atoms with Crippen molar-refractivity contribution < 1.29 is 24.5 Å². The van der Waals surface area contributed by atoms with Crippen LogP contribution in [0.25, 0.3) is 0 Å². The minimum atomic E-state index is -0.668. The maximum absolute atomic E-state index is 11.9. The first-order valence-corrected chi connectivity index (χ1v) is 9.34. The molecule has 1 fully saturated rings. The lowest BCUT2D eigenvalue weighted by Crippen LogP contribution is -2.41. The number of methoxy groups -OCH3 is 1. The lowest BCUT2D eigenvalue weighted by Gasteiger charge is -2.27. The Kier molecular flexibility index (Phi) is 7.04. The second-order valence-corrected chi connectivity index (χ2v) is 6.61. The number of carbonyl (C=O) groups is 1. The van der Waals surface area contributed by atoms with Crippen LogP contribution in [-0.2, 0) is 9.53 Å². The maximum Gasteiger partial charge on any atom is 0.253 e. The molecule has 1 aliphatic heterocycles. The third kappa shape index (κ3) is 5.69. The van der Waals surface area contributed by atoms with Crippen molar-refractivity contribution in [1.29, 1.82) is 0 Å². The average molecular weight is 399 g/mol. The summed E-state index contributed by atoms with van der Waals surface area (Å²) in [6.07, 6.45) is 0.926. The molecule has 3 rings (SSSR count). The first-order chi connectivity index (χ1) is 14.1. The average Bonchev–Trinajstić information content (AvgIpc) is 2.73. The largest absolute Gasteiger partial charge is 0.504 e. The molecule has 0 spiro atoms. The van der Waals surface area contributed by atoms with Crippen molar-refractivity contribution in [2.24, 2.45) is 4.99 Å². The van der Waals surface area contributed by atoms with Gasteiger partial charge in [0.15, 0.2) is 11.5 Å². The van der Waals surface area contributed by atoms with Crippen LogP contribution in [-0.4, -0.2) is 68.4 Å². The van der Waals surface area contributed by atoms with Gasteiger partial charge in [-0.2, -0.15) is 0 Å². The van der Waals surface area contributed by atoms with Crippen LogP contribution in [0.1, 0.15) is 5.56 Å². The van der Waals surface area contributed by atoms with E-state index in [2.05, 4.69) is 10.3 Å². The van der Waals surface area contributed by atoms with Crippen LogP contribution >= 0.6 is 0 Å². The van der Waals surface area contributed by atoms with Crippen LogP contribution in [0.2, 0.25) is 0 Å². The van der Waals surface area contributed by atoms with E-state index in [1.807, 2.05) is 24.3 Å². The van der Waals surface area contributed by atoms with Crippen LogP contribution in [0, 0.1) is 0 Å². The number of amides is 1. The number of morpholine rings is 1. The van der Waals surface area contributed by atoms with Gasteiger partial charge in [-0.25, -0.2) is 0 Å².